The second-order valence-corrected chi connectivity index (χ2v) is 11.2. The lowest BCUT2D eigenvalue weighted by Crippen LogP contribution is -2.38. The molecule has 4 nitrogen and oxygen atoms in total. The molecular weight excluding hydrogens is 414 g/mol. The van der Waals surface area contributed by atoms with E-state index < -0.39 is 9.84 Å². The predicted octanol–water partition coefficient (Wildman–Crippen LogP) is 4.80. The Balaban J connectivity index is 1.32. The van der Waals surface area contributed by atoms with Gasteiger partial charge < -0.3 is 4.90 Å². The van der Waals surface area contributed by atoms with Gasteiger partial charge in [0.05, 0.1) is 15.5 Å². The van der Waals surface area contributed by atoms with E-state index in [2.05, 4.69) is 24.3 Å². The minimum atomic E-state index is -3.35. The topological polar surface area (TPSA) is 54.5 Å². The van der Waals surface area contributed by atoms with Crippen LogP contribution in [0.1, 0.15) is 33.6 Å². The third-order valence-corrected chi connectivity index (χ3v) is 9.02. The van der Waals surface area contributed by atoms with E-state index in [4.69, 9.17) is 0 Å². The maximum atomic E-state index is 13.1. The van der Waals surface area contributed by atoms with Crippen molar-refractivity contribution in [2.75, 3.05) is 13.1 Å². The summed E-state index contributed by atoms with van der Waals surface area (Å²) in [7, 11) is -3.35. The summed E-state index contributed by atoms with van der Waals surface area (Å²) in [6, 6.07) is 19.4. The Morgan fingerprint density at radius 1 is 1.00 bits per heavy atom. The predicted molar refractivity (Wildman–Crippen MR) is 119 cm³/mol. The van der Waals surface area contributed by atoms with Crippen molar-refractivity contribution >= 4 is 27.1 Å². The van der Waals surface area contributed by atoms with Crippen LogP contribution in [0.4, 0.5) is 0 Å². The number of sulfone groups is 1. The van der Waals surface area contributed by atoms with Gasteiger partial charge in [0.15, 0.2) is 9.84 Å². The summed E-state index contributed by atoms with van der Waals surface area (Å²) in [4.78, 5) is 17.0. The SMILES string of the molecule is O=C(c1cc2c(s1)-c1ccccc1S(=O)(=O)C2)N1CCC(Cc2ccccc2)CC1. The number of nitrogens with zero attached hydrogens (tertiary/aromatic N) is 1. The number of piperidine rings is 1. The molecular formula is C24H23NO3S2. The molecule has 2 aromatic carbocycles. The zero-order valence-electron chi connectivity index (χ0n) is 16.6. The first-order valence-corrected chi connectivity index (χ1v) is 12.8. The summed E-state index contributed by atoms with van der Waals surface area (Å²) in [5.74, 6) is 0.606. The van der Waals surface area contributed by atoms with Gasteiger partial charge in [-0.2, -0.15) is 0 Å². The Labute approximate surface area is 181 Å². The molecule has 2 aliphatic heterocycles. The van der Waals surface area contributed by atoms with Gasteiger partial charge in [-0.15, -0.1) is 11.3 Å². The molecule has 154 valence electrons. The third kappa shape index (κ3) is 3.59. The third-order valence-electron chi connectivity index (χ3n) is 6.10. The zero-order chi connectivity index (χ0) is 20.7. The van der Waals surface area contributed by atoms with Crippen LogP contribution in [0.3, 0.4) is 0 Å². The van der Waals surface area contributed by atoms with Crippen LogP contribution in [0.5, 0.6) is 0 Å². The summed E-state index contributed by atoms with van der Waals surface area (Å²) in [5.41, 5.74) is 2.83. The van der Waals surface area contributed by atoms with Gasteiger partial charge >= 0.3 is 0 Å². The van der Waals surface area contributed by atoms with E-state index in [-0.39, 0.29) is 11.7 Å². The van der Waals surface area contributed by atoms with Crippen LogP contribution in [0.25, 0.3) is 10.4 Å². The second-order valence-electron chi connectivity index (χ2n) is 8.15. The molecule has 5 rings (SSSR count). The van der Waals surface area contributed by atoms with E-state index in [0.717, 1.165) is 48.4 Å². The van der Waals surface area contributed by atoms with Crippen molar-refractivity contribution in [1.29, 1.82) is 0 Å². The maximum Gasteiger partial charge on any atom is 0.263 e. The fourth-order valence-electron chi connectivity index (χ4n) is 4.52. The molecule has 3 heterocycles. The molecule has 1 aromatic heterocycles. The van der Waals surface area contributed by atoms with Gasteiger partial charge in [-0.05, 0) is 48.4 Å². The van der Waals surface area contributed by atoms with E-state index in [9.17, 15) is 13.2 Å². The monoisotopic (exact) mass is 437 g/mol. The van der Waals surface area contributed by atoms with Gasteiger partial charge in [-0.25, -0.2) is 8.42 Å². The molecule has 2 aliphatic rings. The van der Waals surface area contributed by atoms with Gasteiger partial charge in [0.2, 0.25) is 0 Å². The van der Waals surface area contributed by atoms with Crippen LogP contribution < -0.4 is 0 Å². The largest absolute Gasteiger partial charge is 0.338 e. The summed E-state index contributed by atoms with van der Waals surface area (Å²) in [6.07, 6.45) is 3.07. The Morgan fingerprint density at radius 3 is 2.47 bits per heavy atom. The molecule has 0 spiro atoms. The van der Waals surface area contributed by atoms with Gasteiger partial charge in [0, 0.05) is 23.5 Å². The van der Waals surface area contributed by atoms with Crippen molar-refractivity contribution in [3.63, 3.8) is 0 Å². The smallest absolute Gasteiger partial charge is 0.263 e. The molecule has 30 heavy (non-hydrogen) atoms. The van der Waals surface area contributed by atoms with Crippen molar-refractivity contribution in [2.24, 2.45) is 5.92 Å². The first kappa shape index (κ1) is 19.5. The molecule has 3 aromatic rings. The fourth-order valence-corrected chi connectivity index (χ4v) is 7.45. The zero-order valence-corrected chi connectivity index (χ0v) is 18.2. The van der Waals surface area contributed by atoms with Crippen LogP contribution >= 0.6 is 11.3 Å². The van der Waals surface area contributed by atoms with Gasteiger partial charge in [-0.3, -0.25) is 4.79 Å². The lowest BCUT2D eigenvalue weighted by Gasteiger charge is -2.31. The van der Waals surface area contributed by atoms with Gasteiger partial charge in [0.1, 0.15) is 0 Å². The molecule has 0 aliphatic carbocycles. The number of rotatable bonds is 3. The Morgan fingerprint density at radius 2 is 1.70 bits per heavy atom. The molecule has 0 saturated carbocycles. The van der Waals surface area contributed by atoms with Crippen LogP contribution in [-0.4, -0.2) is 32.3 Å². The number of benzene rings is 2. The molecule has 0 radical (unpaired) electrons. The maximum absolute atomic E-state index is 13.1. The van der Waals surface area contributed by atoms with Crippen molar-refractivity contribution < 1.29 is 13.2 Å². The highest BCUT2D eigenvalue weighted by Crippen LogP contribution is 2.43. The Hall–Kier alpha value is -2.44. The average molecular weight is 438 g/mol. The van der Waals surface area contributed by atoms with E-state index in [1.54, 1.807) is 18.2 Å². The normalized spacial score (nSPS) is 17.9. The molecule has 1 fully saturated rings. The van der Waals surface area contributed by atoms with Gasteiger partial charge in [-0.1, -0.05) is 48.5 Å². The lowest BCUT2D eigenvalue weighted by molar-refractivity contribution is 0.0695. The molecule has 0 bridgehead atoms. The fraction of sp³-hybridized carbons (Fsp3) is 0.292. The van der Waals surface area contributed by atoms with Crippen molar-refractivity contribution in [2.45, 2.75) is 29.9 Å². The van der Waals surface area contributed by atoms with Gasteiger partial charge in [0.25, 0.3) is 5.91 Å². The minimum Gasteiger partial charge on any atom is -0.338 e. The molecule has 0 unspecified atom stereocenters. The molecule has 1 amide bonds. The highest BCUT2D eigenvalue weighted by atomic mass is 32.2. The highest BCUT2D eigenvalue weighted by Gasteiger charge is 2.32. The number of thiophene rings is 1. The quantitative estimate of drug-likeness (QED) is 0.592. The number of amides is 1. The Bertz CT molecular complexity index is 1190. The summed E-state index contributed by atoms with van der Waals surface area (Å²) in [6.45, 7) is 1.52. The Kier molecular flexibility index (Phi) is 4.99. The standard InChI is InChI=1S/C24H23NO3S2/c26-24(25-12-10-18(11-13-25)14-17-6-2-1-3-7-17)21-15-19-16-30(27,28)22-9-5-4-8-20(22)23(19)29-21/h1-9,15,18H,10-14,16H2. The minimum absolute atomic E-state index is 0.0255. The molecule has 0 N–H and O–H groups in total. The van der Waals surface area contributed by atoms with Crippen LogP contribution in [-0.2, 0) is 22.0 Å². The van der Waals surface area contributed by atoms with E-state index in [1.807, 2.05) is 23.1 Å². The first-order chi connectivity index (χ1) is 14.5. The van der Waals surface area contributed by atoms with Crippen LogP contribution in [0, 0.1) is 5.92 Å². The second kappa shape index (κ2) is 7.67. The van der Waals surface area contributed by atoms with Crippen LogP contribution in [0.15, 0.2) is 65.6 Å². The van der Waals surface area contributed by atoms with Crippen molar-refractivity contribution in [1.82, 2.24) is 4.90 Å². The number of carbonyl (C=O) groups is 1. The highest BCUT2D eigenvalue weighted by molar-refractivity contribution is 7.91. The number of likely N-dealkylation sites (tertiary alicyclic amines) is 1. The molecule has 0 atom stereocenters. The molecule has 6 heteroatoms. The van der Waals surface area contributed by atoms with E-state index >= 15 is 0 Å². The summed E-state index contributed by atoms with van der Waals surface area (Å²) < 4.78 is 25.2. The van der Waals surface area contributed by atoms with Crippen molar-refractivity contribution in [3.8, 4) is 10.4 Å². The number of fused-ring (bicyclic) bond motifs is 3. The van der Waals surface area contributed by atoms with E-state index in [0.29, 0.717) is 15.7 Å². The summed E-state index contributed by atoms with van der Waals surface area (Å²) >= 11 is 1.43. The van der Waals surface area contributed by atoms with Crippen molar-refractivity contribution in [3.05, 3.63) is 76.7 Å². The lowest BCUT2D eigenvalue weighted by atomic mass is 9.90. The summed E-state index contributed by atoms with van der Waals surface area (Å²) in [5, 5.41) is 0. The average Bonchev–Trinajstić information content (AvgIpc) is 3.18. The first-order valence-electron chi connectivity index (χ1n) is 10.3. The number of carbonyl (C=O) groups excluding carboxylic acids is 1. The van der Waals surface area contributed by atoms with Crippen LogP contribution in [0.2, 0.25) is 0 Å². The number of hydrogen-bond acceptors (Lipinski definition) is 4. The molecule has 1 saturated heterocycles. The number of hydrogen-bond donors (Lipinski definition) is 0. The van der Waals surface area contributed by atoms with E-state index in [1.165, 1.54) is 16.9 Å².